The van der Waals surface area contributed by atoms with Gasteiger partial charge in [0.05, 0.1) is 5.84 Å². The highest BCUT2D eigenvalue weighted by atomic mass is 35.5. The lowest BCUT2D eigenvalue weighted by Crippen LogP contribution is -2.43. The van der Waals surface area contributed by atoms with Gasteiger partial charge >= 0.3 is 0 Å². The summed E-state index contributed by atoms with van der Waals surface area (Å²) in [7, 11) is 0. The van der Waals surface area contributed by atoms with E-state index in [2.05, 4.69) is 22.5 Å². The van der Waals surface area contributed by atoms with Gasteiger partial charge in [-0.3, -0.25) is 9.79 Å². The van der Waals surface area contributed by atoms with Crippen LogP contribution in [0.25, 0.3) is 0 Å². The van der Waals surface area contributed by atoms with Crippen LogP contribution in [0.15, 0.2) is 4.99 Å². The molecular formula is C27H45ClFN3O2. The van der Waals surface area contributed by atoms with Crippen molar-refractivity contribution in [2.45, 2.75) is 89.1 Å². The molecular weight excluding hydrogens is 453 g/mol. The Balaban J connectivity index is 1.35. The molecule has 9 unspecified atom stereocenters. The van der Waals surface area contributed by atoms with Gasteiger partial charge in [-0.25, -0.2) is 4.39 Å². The predicted molar refractivity (Wildman–Crippen MR) is 136 cm³/mol. The summed E-state index contributed by atoms with van der Waals surface area (Å²) in [5.41, 5.74) is 0. The minimum Gasteiger partial charge on any atom is -0.396 e. The van der Waals surface area contributed by atoms with Gasteiger partial charge in [0.1, 0.15) is 6.17 Å². The maximum atomic E-state index is 14.2. The summed E-state index contributed by atoms with van der Waals surface area (Å²) in [5.74, 6) is 3.40. The van der Waals surface area contributed by atoms with Crippen LogP contribution in [0.5, 0.6) is 0 Å². The summed E-state index contributed by atoms with van der Waals surface area (Å²) in [6.07, 6.45) is 9.56. The minimum absolute atomic E-state index is 0.0218. The van der Waals surface area contributed by atoms with E-state index in [1.54, 1.807) is 0 Å². The second-order valence-electron chi connectivity index (χ2n) is 11.8. The number of hydrogen-bond acceptors (Lipinski definition) is 4. The van der Waals surface area contributed by atoms with E-state index in [-0.39, 0.29) is 29.7 Å². The molecule has 3 fully saturated rings. The number of alkyl halides is 2. The number of rotatable bonds is 7. The van der Waals surface area contributed by atoms with Crippen LogP contribution in [0.4, 0.5) is 4.39 Å². The Labute approximate surface area is 210 Å². The second kappa shape index (κ2) is 12.4. The first-order valence-corrected chi connectivity index (χ1v) is 14.3. The Bertz CT molecular complexity index is 707. The van der Waals surface area contributed by atoms with Crippen molar-refractivity contribution in [3.05, 3.63) is 0 Å². The summed E-state index contributed by atoms with van der Waals surface area (Å²) < 4.78 is 14.2. The van der Waals surface area contributed by atoms with Gasteiger partial charge in [0.25, 0.3) is 0 Å². The average Bonchev–Trinajstić information content (AvgIpc) is 3.37. The number of aliphatic imine (C=N–C) groups is 1. The summed E-state index contributed by atoms with van der Waals surface area (Å²) >= 11 is 6.39. The number of aliphatic hydroxyl groups excluding tert-OH is 1. The highest BCUT2D eigenvalue weighted by Crippen LogP contribution is 2.44. The monoisotopic (exact) mass is 497 g/mol. The van der Waals surface area contributed by atoms with Gasteiger partial charge in [-0.15, -0.1) is 11.6 Å². The van der Waals surface area contributed by atoms with Crippen molar-refractivity contribution in [1.82, 2.24) is 10.6 Å². The van der Waals surface area contributed by atoms with Crippen molar-refractivity contribution in [2.75, 3.05) is 26.2 Å². The molecule has 1 amide bonds. The first-order valence-electron chi connectivity index (χ1n) is 13.9. The van der Waals surface area contributed by atoms with Crippen LogP contribution in [-0.2, 0) is 4.79 Å². The molecule has 0 radical (unpaired) electrons. The summed E-state index contributed by atoms with van der Waals surface area (Å²) in [6, 6.07) is 0. The largest absolute Gasteiger partial charge is 0.396 e. The molecule has 5 nitrogen and oxygen atoms in total. The van der Waals surface area contributed by atoms with Crippen LogP contribution in [0.2, 0.25) is 0 Å². The number of aliphatic hydroxyl groups is 1. The maximum Gasteiger partial charge on any atom is 0.223 e. The van der Waals surface area contributed by atoms with Gasteiger partial charge in [-0.2, -0.15) is 0 Å². The lowest BCUT2D eigenvalue weighted by Gasteiger charge is -2.42. The SMILES string of the molecule is CC1CC(CNC(=O)C2CC(CNC3=NCCC3)CC(C3CCC(F)C(CO)C3)C2)CCC1Cl. The Hall–Kier alpha value is -0.880. The third-order valence-electron chi connectivity index (χ3n) is 9.25. The number of nitrogens with zero attached hydrogens (tertiary/aromatic N) is 1. The van der Waals surface area contributed by atoms with Gasteiger partial charge in [0.2, 0.25) is 5.91 Å². The first-order chi connectivity index (χ1) is 16.4. The summed E-state index contributed by atoms with van der Waals surface area (Å²) in [4.78, 5) is 17.9. The minimum atomic E-state index is -0.882. The lowest BCUT2D eigenvalue weighted by molar-refractivity contribution is -0.128. The van der Waals surface area contributed by atoms with Crippen molar-refractivity contribution in [3.8, 4) is 0 Å². The fraction of sp³-hybridized carbons (Fsp3) is 0.926. The van der Waals surface area contributed by atoms with Crippen LogP contribution in [0.3, 0.4) is 0 Å². The predicted octanol–water partition coefficient (Wildman–Crippen LogP) is 4.71. The fourth-order valence-electron chi connectivity index (χ4n) is 7.12. The number of amidine groups is 1. The first kappa shape index (κ1) is 26.2. The molecule has 3 aliphatic carbocycles. The van der Waals surface area contributed by atoms with E-state index in [4.69, 9.17) is 11.6 Å². The highest BCUT2D eigenvalue weighted by molar-refractivity contribution is 6.20. The van der Waals surface area contributed by atoms with E-state index in [9.17, 15) is 14.3 Å². The zero-order valence-corrected chi connectivity index (χ0v) is 21.6. The van der Waals surface area contributed by atoms with Gasteiger partial charge in [0.15, 0.2) is 0 Å². The maximum absolute atomic E-state index is 14.2. The van der Waals surface area contributed by atoms with E-state index >= 15 is 0 Å². The van der Waals surface area contributed by atoms with E-state index in [1.807, 2.05) is 0 Å². The van der Waals surface area contributed by atoms with E-state index in [1.165, 1.54) is 0 Å². The molecule has 4 aliphatic rings. The molecule has 3 N–H and O–H groups in total. The molecule has 1 heterocycles. The third-order valence-corrected chi connectivity index (χ3v) is 9.90. The zero-order chi connectivity index (χ0) is 24.1. The molecule has 0 aromatic heterocycles. The van der Waals surface area contributed by atoms with Crippen molar-refractivity contribution in [2.24, 2.45) is 46.4 Å². The van der Waals surface area contributed by atoms with Crippen LogP contribution in [0.1, 0.15) is 77.6 Å². The van der Waals surface area contributed by atoms with Gasteiger partial charge in [0, 0.05) is 49.9 Å². The molecule has 9 atom stereocenters. The number of nitrogens with one attached hydrogen (secondary N) is 2. The van der Waals surface area contributed by atoms with Crippen LogP contribution < -0.4 is 10.6 Å². The Morgan fingerprint density at radius 3 is 2.65 bits per heavy atom. The molecule has 3 saturated carbocycles. The van der Waals surface area contributed by atoms with Crippen molar-refractivity contribution < 1.29 is 14.3 Å². The van der Waals surface area contributed by atoms with E-state index in [0.29, 0.717) is 36.0 Å². The molecule has 0 aromatic rings. The smallest absolute Gasteiger partial charge is 0.223 e. The van der Waals surface area contributed by atoms with Crippen LogP contribution in [0, 0.1) is 41.4 Å². The van der Waals surface area contributed by atoms with Crippen LogP contribution in [-0.4, -0.2) is 54.6 Å². The van der Waals surface area contributed by atoms with Gasteiger partial charge in [-0.05, 0) is 93.8 Å². The molecule has 1 aliphatic heterocycles. The molecule has 4 rings (SSSR count). The highest BCUT2D eigenvalue weighted by Gasteiger charge is 2.40. The Morgan fingerprint density at radius 1 is 1.06 bits per heavy atom. The topological polar surface area (TPSA) is 73.7 Å². The molecule has 0 saturated heterocycles. The van der Waals surface area contributed by atoms with Gasteiger partial charge < -0.3 is 15.7 Å². The second-order valence-corrected chi connectivity index (χ2v) is 12.4. The molecule has 34 heavy (non-hydrogen) atoms. The van der Waals surface area contributed by atoms with Crippen molar-refractivity contribution >= 4 is 23.3 Å². The molecule has 0 bridgehead atoms. The zero-order valence-electron chi connectivity index (χ0n) is 20.9. The molecule has 0 aromatic carbocycles. The normalized spacial score (nSPS) is 41.1. The number of amides is 1. The summed E-state index contributed by atoms with van der Waals surface area (Å²) in [5, 5.41) is 16.8. The molecule has 0 spiro atoms. The number of hydrogen-bond donors (Lipinski definition) is 3. The number of carbonyl (C=O) groups excluding carboxylic acids is 1. The number of carbonyl (C=O) groups is 1. The summed E-state index contributed by atoms with van der Waals surface area (Å²) in [6.45, 7) is 4.70. The quantitative estimate of drug-likeness (QED) is 0.446. The fourth-order valence-corrected chi connectivity index (χ4v) is 7.35. The standard InChI is InChI=1S/C27H45ClFN3O2/c1-17-9-18(4-6-24(17)28)14-32-27(34)22-11-19(15-31-26-3-2-8-30-26)10-21(13-22)20-5-7-25(29)23(12-20)16-33/h17-25,33H,2-16H2,1H3,(H,30,31)(H,32,34). The number of halogens is 2. The third kappa shape index (κ3) is 6.87. The van der Waals surface area contributed by atoms with Crippen molar-refractivity contribution in [3.63, 3.8) is 0 Å². The van der Waals surface area contributed by atoms with E-state index < -0.39 is 6.17 Å². The molecule has 7 heteroatoms. The lowest BCUT2D eigenvalue weighted by atomic mass is 9.65. The van der Waals surface area contributed by atoms with Gasteiger partial charge in [-0.1, -0.05) is 6.92 Å². The Morgan fingerprint density at radius 2 is 1.91 bits per heavy atom. The van der Waals surface area contributed by atoms with E-state index in [0.717, 1.165) is 89.7 Å². The Kier molecular flexibility index (Phi) is 9.54. The molecule has 194 valence electrons. The average molecular weight is 498 g/mol. The van der Waals surface area contributed by atoms with Crippen LogP contribution >= 0.6 is 11.6 Å². The van der Waals surface area contributed by atoms with Crippen molar-refractivity contribution in [1.29, 1.82) is 0 Å².